The zero-order valence-corrected chi connectivity index (χ0v) is 13.2. The van der Waals surface area contributed by atoms with Gasteiger partial charge in [-0.3, -0.25) is 0 Å². The van der Waals surface area contributed by atoms with Gasteiger partial charge >= 0.3 is 0 Å². The third-order valence-electron chi connectivity index (χ3n) is 3.37. The lowest BCUT2D eigenvalue weighted by Crippen LogP contribution is -2.18. The van der Waals surface area contributed by atoms with Crippen molar-refractivity contribution in [3.05, 3.63) is 58.0 Å². The Hall–Kier alpha value is -1.06. The Morgan fingerprint density at radius 3 is 2.26 bits per heavy atom. The van der Waals surface area contributed by atoms with Gasteiger partial charge in [-0.2, -0.15) is 0 Å². The first kappa shape index (κ1) is 14.4. The van der Waals surface area contributed by atoms with E-state index in [1.165, 1.54) is 11.1 Å². The Bertz CT molecular complexity index is 516. The number of rotatable bonds is 5. The fourth-order valence-corrected chi connectivity index (χ4v) is 2.45. The summed E-state index contributed by atoms with van der Waals surface area (Å²) in [5.74, 6) is 1.54. The van der Waals surface area contributed by atoms with Crippen LogP contribution < -0.4 is 5.32 Å². The van der Waals surface area contributed by atoms with Crippen molar-refractivity contribution in [1.82, 2.24) is 5.32 Å². The highest BCUT2D eigenvalue weighted by molar-refractivity contribution is 9.10. The summed E-state index contributed by atoms with van der Waals surface area (Å²) in [5.41, 5.74) is 2.70. The van der Waals surface area contributed by atoms with Crippen molar-refractivity contribution >= 4 is 15.9 Å². The Balaban J connectivity index is 2.10. The fourth-order valence-electron chi connectivity index (χ4n) is 2.13. The molecule has 0 spiro atoms. The van der Waals surface area contributed by atoms with Gasteiger partial charge in [0, 0.05) is 0 Å². The van der Waals surface area contributed by atoms with Gasteiger partial charge in [-0.15, -0.1) is 0 Å². The molecule has 1 aromatic carbocycles. The molecule has 0 saturated carbocycles. The quantitative estimate of drug-likeness (QED) is 0.865. The molecule has 2 nitrogen and oxygen atoms in total. The summed E-state index contributed by atoms with van der Waals surface area (Å²) in [7, 11) is 1.96. The second-order valence-electron chi connectivity index (χ2n) is 5.08. The minimum absolute atomic E-state index is 0.205. The summed E-state index contributed by atoms with van der Waals surface area (Å²) < 4.78 is 6.40. The normalized spacial score (nSPS) is 12.9. The molecule has 1 heterocycles. The lowest BCUT2D eigenvalue weighted by Gasteiger charge is -2.14. The van der Waals surface area contributed by atoms with Gasteiger partial charge in [-0.25, -0.2) is 0 Å². The number of furan rings is 1. The lowest BCUT2D eigenvalue weighted by atomic mass is 9.98. The standard InChI is InChI=1S/C16H20BrNO/c1-11(2)13-6-4-12(5-7-13)10-14(18-3)15-8-9-16(17)19-15/h4-9,11,14,18H,10H2,1-3H3. The van der Waals surface area contributed by atoms with Crippen LogP contribution in [0.1, 0.15) is 42.7 Å². The first-order valence-corrected chi connectivity index (χ1v) is 7.40. The molecular formula is C16H20BrNO. The smallest absolute Gasteiger partial charge is 0.169 e. The summed E-state index contributed by atoms with van der Waals surface area (Å²) >= 11 is 3.35. The Morgan fingerprint density at radius 2 is 1.79 bits per heavy atom. The number of nitrogens with one attached hydrogen (secondary N) is 1. The topological polar surface area (TPSA) is 25.2 Å². The minimum atomic E-state index is 0.205. The maximum Gasteiger partial charge on any atom is 0.169 e. The Labute approximate surface area is 123 Å². The Kier molecular flexibility index (Phi) is 4.83. The molecule has 0 aliphatic heterocycles. The summed E-state index contributed by atoms with van der Waals surface area (Å²) in [6.07, 6.45) is 0.925. The summed E-state index contributed by atoms with van der Waals surface area (Å²) in [6, 6.07) is 13.0. The van der Waals surface area contributed by atoms with Crippen molar-refractivity contribution in [1.29, 1.82) is 0 Å². The second-order valence-corrected chi connectivity index (χ2v) is 5.87. The molecule has 1 unspecified atom stereocenters. The van der Waals surface area contributed by atoms with Gasteiger partial charge in [0.15, 0.2) is 4.67 Å². The summed E-state index contributed by atoms with van der Waals surface area (Å²) in [4.78, 5) is 0. The molecule has 0 saturated heterocycles. The van der Waals surface area contributed by atoms with Crippen LogP contribution in [0, 0.1) is 0 Å². The van der Waals surface area contributed by atoms with E-state index in [9.17, 15) is 0 Å². The highest BCUT2D eigenvalue weighted by Gasteiger charge is 2.14. The van der Waals surface area contributed by atoms with Gasteiger partial charge in [0.25, 0.3) is 0 Å². The SMILES string of the molecule is CNC(Cc1ccc(C(C)C)cc1)c1ccc(Br)o1. The van der Waals surface area contributed by atoms with Crippen molar-refractivity contribution in [2.24, 2.45) is 0 Å². The predicted molar refractivity (Wildman–Crippen MR) is 82.4 cm³/mol. The molecule has 102 valence electrons. The lowest BCUT2D eigenvalue weighted by molar-refractivity contribution is 0.416. The number of halogens is 1. The third kappa shape index (κ3) is 3.71. The number of hydrogen-bond acceptors (Lipinski definition) is 2. The van der Waals surface area contributed by atoms with Crippen LogP contribution in [0.15, 0.2) is 45.5 Å². The molecule has 1 N–H and O–H groups in total. The van der Waals surface area contributed by atoms with Crippen molar-refractivity contribution in [3.63, 3.8) is 0 Å². The van der Waals surface area contributed by atoms with E-state index >= 15 is 0 Å². The van der Waals surface area contributed by atoms with Crippen LogP contribution in [0.2, 0.25) is 0 Å². The number of likely N-dealkylation sites (N-methyl/N-ethyl adjacent to an activating group) is 1. The van der Waals surface area contributed by atoms with Crippen LogP contribution in [-0.2, 0) is 6.42 Å². The average Bonchev–Trinajstić information content (AvgIpc) is 2.83. The largest absolute Gasteiger partial charge is 0.453 e. The fraction of sp³-hybridized carbons (Fsp3) is 0.375. The van der Waals surface area contributed by atoms with E-state index in [4.69, 9.17) is 4.42 Å². The molecule has 0 amide bonds. The third-order valence-corrected chi connectivity index (χ3v) is 3.80. The molecule has 3 heteroatoms. The van der Waals surface area contributed by atoms with Gasteiger partial charge in [0.05, 0.1) is 6.04 Å². The molecule has 2 aromatic rings. The molecule has 0 radical (unpaired) electrons. The van der Waals surface area contributed by atoms with E-state index in [-0.39, 0.29) is 6.04 Å². The number of hydrogen-bond donors (Lipinski definition) is 1. The zero-order chi connectivity index (χ0) is 13.8. The highest BCUT2D eigenvalue weighted by Crippen LogP contribution is 2.24. The van der Waals surface area contributed by atoms with Crippen LogP contribution in [0.4, 0.5) is 0 Å². The number of benzene rings is 1. The first-order valence-electron chi connectivity index (χ1n) is 6.61. The summed E-state index contributed by atoms with van der Waals surface area (Å²) in [6.45, 7) is 4.43. The predicted octanol–water partition coefficient (Wildman–Crippen LogP) is 4.67. The van der Waals surface area contributed by atoms with Gasteiger partial charge in [0.2, 0.25) is 0 Å². The zero-order valence-electron chi connectivity index (χ0n) is 11.6. The molecule has 0 fully saturated rings. The van der Waals surface area contributed by atoms with E-state index in [0.717, 1.165) is 16.9 Å². The average molecular weight is 322 g/mol. The van der Waals surface area contributed by atoms with Crippen LogP contribution in [-0.4, -0.2) is 7.05 Å². The second kappa shape index (κ2) is 6.40. The van der Waals surface area contributed by atoms with E-state index in [2.05, 4.69) is 59.4 Å². The van der Waals surface area contributed by atoms with E-state index in [0.29, 0.717) is 5.92 Å². The van der Waals surface area contributed by atoms with Crippen LogP contribution in [0.5, 0.6) is 0 Å². The first-order chi connectivity index (χ1) is 9.10. The van der Waals surface area contributed by atoms with Gasteiger partial charge in [-0.1, -0.05) is 38.1 Å². The molecule has 2 rings (SSSR count). The molecule has 0 aliphatic carbocycles. The molecular weight excluding hydrogens is 302 g/mol. The van der Waals surface area contributed by atoms with Crippen molar-refractivity contribution in [3.8, 4) is 0 Å². The van der Waals surface area contributed by atoms with Crippen molar-refractivity contribution < 1.29 is 4.42 Å². The minimum Gasteiger partial charge on any atom is -0.453 e. The molecule has 0 aliphatic rings. The van der Waals surface area contributed by atoms with Gasteiger partial charge < -0.3 is 9.73 Å². The molecule has 0 bridgehead atoms. The van der Waals surface area contributed by atoms with Crippen LogP contribution in [0.25, 0.3) is 0 Å². The van der Waals surface area contributed by atoms with Gasteiger partial charge in [-0.05, 0) is 58.6 Å². The van der Waals surface area contributed by atoms with Gasteiger partial charge in [0.1, 0.15) is 5.76 Å². The monoisotopic (exact) mass is 321 g/mol. The van der Waals surface area contributed by atoms with E-state index in [1.807, 2.05) is 19.2 Å². The van der Waals surface area contributed by atoms with E-state index < -0.39 is 0 Å². The molecule has 1 aromatic heterocycles. The maximum absolute atomic E-state index is 5.62. The van der Waals surface area contributed by atoms with Crippen molar-refractivity contribution in [2.75, 3.05) is 7.05 Å². The summed E-state index contributed by atoms with van der Waals surface area (Å²) in [5, 5.41) is 3.30. The molecule has 1 atom stereocenters. The molecule has 19 heavy (non-hydrogen) atoms. The van der Waals surface area contributed by atoms with Crippen molar-refractivity contribution in [2.45, 2.75) is 32.2 Å². The maximum atomic E-state index is 5.62. The van der Waals surface area contributed by atoms with Crippen LogP contribution >= 0.6 is 15.9 Å². The van der Waals surface area contributed by atoms with E-state index in [1.54, 1.807) is 0 Å². The highest BCUT2D eigenvalue weighted by atomic mass is 79.9. The van der Waals surface area contributed by atoms with Crippen LogP contribution in [0.3, 0.4) is 0 Å². The Morgan fingerprint density at radius 1 is 1.11 bits per heavy atom.